The highest BCUT2D eigenvalue weighted by atomic mass is 16.3. The first-order valence-corrected chi connectivity index (χ1v) is 11.0. The van der Waals surface area contributed by atoms with Gasteiger partial charge in [0.25, 0.3) is 0 Å². The first-order chi connectivity index (χ1) is 15.8. The van der Waals surface area contributed by atoms with Gasteiger partial charge in [0.2, 0.25) is 0 Å². The summed E-state index contributed by atoms with van der Waals surface area (Å²) in [5.41, 5.74) is 5.60. The Morgan fingerprint density at radius 1 is 0.438 bits per heavy atom. The number of rotatable bonds is 1. The van der Waals surface area contributed by atoms with Crippen LogP contribution in [0.2, 0.25) is 0 Å². The van der Waals surface area contributed by atoms with E-state index >= 15 is 0 Å². The highest BCUT2D eigenvalue weighted by Crippen LogP contribution is 2.41. The molecule has 0 atom stereocenters. The number of hydrogen-bond acceptors (Lipinski definition) is 1. The van der Waals surface area contributed by atoms with Gasteiger partial charge in [-0.05, 0) is 68.1 Å². The van der Waals surface area contributed by atoms with E-state index in [1.807, 2.05) is 0 Å². The van der Waals surface area contributed by atoms with Crippen molar-refractivity contribution >= 4 is 54.3 Å². The van der Waals surface area contributed by atoms with Gasteiger partial charge in [-0.15, -0.1) is 0 Å². The Labute approximate surface area is 185 Å². The molecule has 150 valence electrons. The van der Waals surface area contributed by atoms with Crippen LogP contribution in [-0.4, -0.2) is 0 Å². The molecule has 1 aromatic heterocycles. The number of aryl methyl sites for hydroxylation is 1. The molecular weight excluding hydrogens is 388 g/mol. The molecule has 0 radical (unpaired) electrons. The molecular formula is C31H20O. The fraction of sp³-hybridized carbons (Fsp3) is 0.0323. The van der Waals surface area contributed by atoms with Crippen LogP contribution >= 0.6 is 0 Å². The summed E-state index contributed by atoms with van der Waals surface area (Å²) in [5, 5.41) is 9.84. The topological polar surface area (TPSA) is 13.1 Å². The second kappa shape index (κ2) is 6.45. The molecule has 7 rings (SSSR count). The standard InChI is InChI=1S/C31H20O/c1-19-15-17-28-30-21(19)10-5-13-26(30)27-14-6-12-25-24(16-18-29(32-28)31(25)27)23-11-4-8-20-7-2-3-9-22(20)23/h2-18H,1H3. The van der Waals surface area contributed by atoms with E-state index in [9.17, 15) is 0 Å². The number of hydrogen-bond donors (Lipinski definition) is 0. The molecule has 0 unspecified atom stereocenters. The largest absolute Gasteiger partial charge is 0.456 e. The second-order valence-electron chi connectivity index (χ2n) is 8.58. The van der Waals surface area contributed by atoms with Crippen molar-refractivity contribution in [1.82, 2.24) is 0 Å². The molecule has 32 heavy (non-hydrogen) atoms. The lowest BCUT2D eigenvalue weighted by molar-refractivity contribution is 0.664. The van der Waals surface area contributed by atoms with E-state index in [-0.39, 0.29) is 0 Å². The van der Waals surface area contributed by atoms with Crippen molar-refractivity contribution < 1.29 is 4.42 Å². The molecule has 1 heteroatoms. The highest BCUT2D eigenvalue weighted by molar-refractivity contribution is 6.25. The summed E-state index contributed by atoms with van der Waals surface area (Å²) in [5.74, 6) is 0. The van der Waals surface area contributed by atoms with Crippen LogP contribution in [0.4, 0.5) is 0 Å². The zero-order valence-corrected chi connectivity index (χ0v) is 17.7. The fourth-order valence-electron chi connectivity index (χ4n) is 5.33. The summed E-state index contributed by atoms with van der Waals surface area (Å²) in [7, 11) is 0. The van der Waals surface area contributed by atoms with Gasteiger partial charge in [0.05, 0.1) is 0 Å². The summed E-state index contributed by atoms with van der Waals surface area (Å²) in [6, 6.07) is 37.0. The van der Waals surface area contributed by atoms with Crippen LogP contribution in [0.1, 0.15) is 5.56 Å². The van der Waals surface area contributed by atoms with E-state index in [1.54, 1.807) is 0 Å². The van der Waals surface area contributed by atoms with Gasteiger partial charge < -0.3 is 4.42 Å². The average Bonchev–Trinajstić information content (AvgIpc) is 2.98. The van der Waals surface area contributed by atoms with Crippen molar-refractivity contribution in [2.75, 3.05) is 0 Å². The third kappa shape index (κ3) is 2.34. The van der Waals surface area contributed by atoms with Crippen molar-refractivity contribution in [3.8, 4) is 11.1 Å². The Morgan fingerprint density at radius 2 is 1.00 bits per heavy atom. The van der Waals surface area contributed by atoms with Crippen LogP contribution in [0, 0.1) is 6.92 Å². The molecule has 1 nitrogen and oxygen atoms in total. The first kappa shape index (κ1) is 17.6. The lowest BCUT2D eigenvalue weighted by atomic mass is 9.92. The van der Waals surface area contributed by atoms with E-state index in [1.165, 1.54) is 59.8 Å². The monoisotopic (exact) mass is 408 g/mol. The Bertz CT molecular complexity index is 1830. The van der Waals surface area contributed by atoms with Gasteiger partial charge in [-0.25, -0.2) is 0 Å². The lowest BCUT2D eigenvalue weighted by Gasteiger charge is -2.11. The van der Waals surface area contributed by atoms with Gasteiger partial charge in [-0.3, -0.25) is 0 Å². The minimum atomic E-state index is 0.918. The fourth-order valence-corrected chi connectivity index (χ4v) is 5.33. The van der Waals surface area contributed by atoms with Gasteiger partial charge >= 0.3 is 0 Å². The Hall–Kier alpha value is -4.10. The molecule has 0 amide bonds. The van der Waals surface area contributed by atoms with E-state index in [2.05, 4.69) is 110 Å². The molecule has 0 aliphatic rings. The predicted octanol–water partition coefficient (Wildman–Crippen LogP) is 9.02. The molecule has 0 saturated carbocycles. The SMILES string of the molecule is Cc1ccc2oc3ccc(-c4cccc5ccccc45)c4cccc(c5cccc1c25)c34. The Kier molecular flexibility index (Phi) is 3.54. The van der Waals surface area contributed by atoms with Gasteiger partial charge in [-0.2, -0.15) is 0 Å². The van der Waals surface area contributed by atoms with E-state index in [0.717, 1.165) is 11.2 Å². The van der Waals surface area contributed by atoms with Crippen LogP contribution in [0.15, 0.2) is 108 Å². The predicted molar refractivity (Wildman–Crippen MR) is 136 cm³/mol. The molecule has 0 aliphatic heterocycles. The number of fused-ring (bicyclic) bond motifs is 2. The second-order valence-corrected chi connectivity index (χ2v) is 8.58. The zero-order chi connectivity index (χ0) is 21.2. The Balaban J connectivity index is 1.72. The summed E-state index contributed by atoms with van der Waals surface area (Å²) in [4.78, 5) is 0. The Morgan fingerprint density at radius 3 is 1.84 bits per heavy atom. The van der Waals surface area contributed by atoms with Crippen LogP contribution < -0.4 is 0 Å². The summed E-state index contributed by atoms with van der Waals surface area (Å²) >= 11 is 0. The van der Waals surface area contributed by atoms with Crippen LogP contribution in [0.25, 0.3) is 65.4 Å². The smallest absolute Gasteiger partial charge is 0.135 e. The van der Waals surface area contributed by atoms with Crippen molar-refractivity contribution in [2.45, 2.75) is 6.92 Å². The molecule has 0 spiro atoms. The maximum absolute atomic E-state index is 6.58. The minimum absolute atomic E-state index is 0.918. The summed E-state index contributed by atoms with van der Waals surface area (Å²) in [6.45, 7) is 2.17. The zero-order valence-electron chi connectivity index (χ0n) is 17.7. The van der Waals surface area contributed by atoms with Crippen molar-refractivity contribution in [2.24, 2.45) is 0 Å². The minimum Gasteiger partial charge on any atom is -0.456 e. The van der Waals surface area contributed by atoms with E-state index in [4.69, 9.17) is 4.42 Å². The third-order valence-corrected chi connectivity index (χ3v) is 6.81. The van der Waals surface area contributed by atoms with Crippen LogP contribution in [0.5, 0.6) is 0 Å². The van der Waals surface area contributed by atoms with Crippen molar-refractivity contribution in [1.29, 1.82) is 0 Å². The van der Waals surface area contributed by atoms with Gasteiger partial charge in [0.15, 0.2) is 0 Å². The molecule has 6 aromatic carbocycles. The quantitative estimate of drug-likeness (QED) is 0.264. The van der Waals surface area contributed by atoms with E-state index in [0.29, 0.717) is 0 Å². The molecule has 1 heterocycles. The van der Waals surface area contributed by atoms with Gasteiger partial charge in [0.1, 0.15) is 11.2 Å². The summed E-state index contributed by atoms with van der Waals surface area (Å²) < 4.78 is 6.58. The normalized spacial score (nSPS) is 11.9. The molecule has 7 aromatic rings. The maximum atomic E-state index is 6.58. The van der Waals surface area contributed by atoms with Gasteiger partial charge in [-0.1, -0.05) is 91.0 Å². The maximum Gasteiger partial charge on any atom is 0.135 e. The molecule has 0 fully saturated rings. The molecule has 0 bridgehead atoms. The van der Waals surface area contributed by atoms with Crippen molar-refractivity contribution in [3.63, 3.8) is 0 Å². The third-order valence-electron chi connectivity index (χ3n) is 6.81. The molecule has 0 saturated heterocycles. The summed E-state index contributed by atoms with van der Waals surface area (Å²) in [6.07, 6.45) is 0. The van der Waals surface area contributed by atoms with Gasteiger partial charge in [0, 0.05) is 10.8 Å². The average molecular weight is 409 g/mol. The highest BCUT2D eigenvalue weighted by Gasteiger charge is 2.15. The van der Waals surface area contributed by atoms with Crippen molar-refractivity contribution in [3.05, 3.63) is 109 Å². The van der Waals surface area contributed by atoms with E-state index < -0.39 is 0 Å². The first-order valence-electron chi connectivity index (χ1n) is 11.0. The molecule has 0 N–H and O–H groups in total. The number of benzene rings is 6. The van der Waals surface area contributed by atoms with Crippen LogP contribution in [0.3, 0.4) is 0 Å². The lowest BCUT2D eigenvalue weighted by Crippen LogP contribution is -1.85. The molecule has 0 aliphatic carbocycles. The van der Waals surface area contributed by atoms with Crippen LogP contribution in [-0.2, 0) is 0 Å².